The van der Waals surface area contributed by atoms with Crippen LogP contribution in [0.25, 0.3) is 0 Å². The van der Waals surface area contributed by atoms with Gasteiger partial charge in [0.1, 0.15) is 13.8 Å². The molecule has 3 rings (SSSR count). The Bertz CT molecular complexity index is 737. The average Bonchev–Trinajstić information content (AvgIpc) is 2.62. The van der Waals surface area contributed by atoms with Crippen molar-refractivity contribution in [3.05, 3.63) is 54.1 Å². The molecule has 0 unspecified atom stereocenters. The Morgan fingerprint density at radius 2 is 1.68 bits per heavy atom. The summed E-state index contributed by atoms with van der Waals surface area (Å²) in [5, 5.41) is 3.59. The second-order valence-electron chi connectivity index (χ2n) is 6.59. The Morgan fingerprint density at radius 3 is 2.45 bits per heavy atom. The van der Waals surface area contributed by atoms with Crippen molar-refractivity contribution < 1.29 is 4.74 Å². The monoisotopic (exact) mass is 307 g/mol. The van der Waals surface area contributed by atoms with Gasteiger partial charge in [0.2, 0.25) is 0 Å². The van der Waals surface area contributed by atoms with Crippen LogP contribution in [0.1, 0.15) is 18.0 Å². The molecule has 2 aromatic rings. The van der Waals surface area contributed by atoms with Gasteiger partial charge >= 0.3 is 0 Å². The number of benzene rings is 2. The van der Waals surface area contributed by atoms with Gasteiger partial charge in [-0.25, -0.2) is 0 Å². The molecule has 0 fully saturated rings. The topological polar surface area (TPSA) is 21.3 Å². The van der Waals surface area contributed by atoms with Crippen LogP contribution < -0.4 is 10.1 Å². The molecule has 0 aliphatic carbocycles. The summed E-state index contributed by atoms with van der Waals surface area (Å²) in [6.07, 6.45) is 0.791. The van der Waals surface area contributed by atoms with E-state index in [2.05, 4.69) is 54.6 Å². The highest BCUT2D eigenvalue weighted by atomic mass is 28.3. The normalized spacial score (nSPS) is 16.0. The molecule has 0 spiro atoms. The Morgan fingerprint density at radius 1 is 1.00 bits per heavy atom. The fraction of sp³-hybridized carbons (Fsp3) is 0.263. The lowest BCUT2D eigenvalue weighted by Crippen LogP contribution is -2.17. The molecule has 0 bridgehead atoms. The molecule has 1 atom stereocenters. The summed E-state index contributed by atoms with van der Waals surface area (Å²) in [7, 11) is -1.34. The molecule has 2 nitrogen and oxygen atoms in total. The first kappa shape index (κ1) is 14.7. The zero-order chi connectivity index (χ0) is 15.6. The van der Waals surface area contributed by atoms with Gasteiger partial charge in [0.05, 0.1) is 11.7 Å². The number of ether oxygens (including phenoxy) is 1. The van der Waals surface area contributed by atoms with Crippen molar-refractivity contribution in [1.29, 1.82) is 0 Å². The van der Waals surface area contributed by atoms with E-state index in [0.29, 0.717) is 0 Å². The Labute approximate surface area is 133 Å². The van der Waals surface area contributed by atoms with Crippen LogP contribution in [0.3, 0.4) is 0 Å². The summed E-state index contributed by atoms with van der Waals surface area (Å²) in [5.74, 6) is 5.18. The van der Waals surface area contributed by atoms with Gasteiger partial charge in [-0.05, 0) is 18.2 Å². The minimum atomic E-state index is -1.34. The third-order valence-electron chi connectivity index (χ3n) is 3.50. The molecule has 112 valence electrons. The SMILES string of the molecule is C[Si](C)(C)C#CC[C@@H]1Nc2ccccc2Oc2ccccc21. The molecule has 2 aromatic carbocycles. The fourth-order valence-corrected chi connectivity index (χ4v) is 3.13. The van der Waals surface area contributed by atoms with E-state index in [4.69, 9.17) is 4.74 Å². The Kier molecular flexibility index (Phi) is 3.95. The quantitative estimate of drug-likeness (QED) is 0.576. The van der Waals surface area contributed by atoms with Crippen LogP contribution in [-0.4, -0.2) is 8.07 Å². The van der Waals surface area contributed by atoms with Crippen molar-refractivity contribution in [2.45, 2.75) is 32.1 Å². The summed E-state index contributed by atoms with van der Waals surface area (Å²) in [5.41, 5.74) is 5.65. The minimum Gasteiger partial charge on any atom is -0.455 e. The molecule has 0 aromatic heterocycles. The van der Waals surface area contributed by atoms with Crippen molar-refractivity contribution in [1.82, 2.24) is 0 Å². The van der Waals surface area contributed by atoms with E-state index in [9.17, 15) is 0 Å². The number of fused-ring (bicyclic) bond motifs is 2. The second-order valence-corrected chi connectivity index (χ2v) is 11.3. The number of para-hydroxylation sites is 3. The lowest BCUT2D eigenvalue weighted by atomic mass is 10.0. The summed E-state index contributed by atoms with van der Waals surface area (Å²) < 4.78 is 6.08. The van der Waals surface area contributed by atoms with Gasteiger partial charge in [0, 0.05) is 12.0 Å². The van der Waals surface area contributed by atoms with Gasteiger partial charge in [0.25, 0.3) is 0 Å². The number of rotatable bonds is 1. The van der Waals surface area contributed by atoms with Crippen LogP contribution in [0.4, 0.5) is 5.69 Å². The van der Waals surface area contributed by atoms with E-state index >= 15 is 0 Å². The maximum Gasteiger partial charge on any atom is 0.150 e. The largest absolute Gasteiger partial charge is 0.455 e. The van der Waals surface area contributed by atoms with Crippen LogP contribution in [0.5, 0.6) is 11.5 Å². The van der Waals surface area contributed by atoms with E-state index in [1.165, 1.54) is 5.56 Å². The lowest BCUT2D eigenvalue weighted by molar-refractivity contribution is 0.482. The van der Waals surface area contributed by atoms with Crippen molar-refractivity contribution in [3.8, 4) is 23.0 Å². The molecule has 0 saturated heterocycles. The molecule has 1 aliphatic heterocycles. The molecule has 1 heterocycles. The molecule has 3 heteroatoms. The van der Waals surface area contributed by atoms with Gasteiger partial charge in [-0.15, -0.1) is 11.5 Å². The standard InChI is InChI=1S/C19H21NOSi/c1-22(2,3)14-8-11-16-15-9-4-6-12-18(15)21-19-13-7-5-10-17(19)20-16/h4-7,9-10,12-13,16,20H,11H2,1-3H3/t16-/m0/s1. The highest BCUT2D eigenvalue weighted by molar-refractivity contribution is 6.83. The maximum absolute atomic E-state index is 6.08. The Hall–Kier alpha value is -2.18. The summed E-state index contributed by atoms with van der Waals surface area (Å²) >= 11 is 0. The van der Waals surface area contributed by atoms with Crippen molar-refractivity contribution in [3.63, 3.8) is 0 Å². The number of nitrogens with one attached hydrogen (secondary N) is 1. The first-order valence-electron chi connectivity index (χ1n) is 7.65. The first-order chi connectivity index (χ1) is 10.5. The zero-order valence-corrected chi connectivity index (χ0v) is 14.3. The zero-order valence-electron chi connectivity index (χ0n) is 13.3. The van der Waals surface area contributed by atoms with Gasteiger partial charge in [-0.2, -0.15) is 0 Å². The maximum atomic E-state index is 6.08. The summed E-state index contributed by atoms with van der Waals surface area (Å²) in [6, 6.07) is 16.4. The van der Waals surface area contributed by atoms with Gasteiger partial charge in [-0.1, -0.05) is 50.0 Å². The molecule has 22 heavy (non-hydrogen) atoms. The van der Waals surface area contributed by atoms with E-state index in [1.807, 2.05) is 30.3 Å². The third kappa shape index (κ3) is 3.34. The minimum absolute atomic E-state index is 0.156. The predicted octanol–water partition coefficient (Wildman–Crippen LogP) is 5.22. The summed E-state index contributed by atoms with van der Waals surface area (Å²) in [4.78, 5) is 0. The van der Waals surface area contributed by atoms with E-state index in [1.54, 1.807) is 0 Å². The predicted molar refractivity (Wildman–Crippen MR) is 95.1 cm³/mol. The average molecular weight is 307 g/mol. The fourth-order valence-electron chi connectivity index (χ4n) is 2.50. The van der Waals surface area contributed by atoms with E-state index < -0.39 is 8.07 Å². The molecule has 0 amide bonds. The Balaban J connectivity index is 1.96. The van der Waals surface area contributed by atoms with Crippen LogP contribution in [0, 0.1) is 11.5 Å². The smallest absolute Gasteiger partial charge is 0.150 e. The van der Waals surface area contributed by atoms with Crippen molar-refractivity contribution >= 4 is 13.8 Å². The van der Waals surface area contributed by atoms with Crippen LogP contribution >= 0.6 is 0 Å². The van der Waals surface area contributed by atoms with Crippen molar-refractivity contribution in [2.75, 3.05) is 5.32 Å². The second kappa shape index (κ2) is 5.90. The molecule has 0 saturated carbocycles. The van der Waals surface area contributed by atoms with Gasteiger partial charge in [0.15, 0.2) is 5.75 Å². The van der Waals surface area contributed by atoms with E-state index in [-0.39, 0.29) is 6.04 Å². The highest BCUT2D eigenvalue weighted by Crippen LogP contribution is 2.40. The van der Waals surface area contributed by atoms with Crippen LogP contribution in [0.2, 0.25) is 19.6 Å². The van der Waals surface area contributed by atoms with Gasteiger partial charge < -0.3 is 10.1 Å². The van der Waals surface area contributed by atoms with Gasteiger partial charge in [-0.3, -0.25) is 0 Å². The third-order valence-corrected chi connectivity index (χ3v) is 4.43. The molecular weight excluding hydrogens is 286 g/mol. The van der Waals surface area contributed by atoms with Crippen LogP contribution in [-0.2, 0) is 0 Å². The number of anilines is 1. The molecule has 1 aliphatic rings. The highest BCUT2D eigenvalue weighted by Gasteiger charge is 2.21. The molecule has 0 radical (unpaired) electrons. The number of hydrogen-bond donors (Lipinski definition) is 1. The van der Waals surface area contributed by atoms with Crippen LogP contribution in [0.15, 0.2) is 48.5 Å². The molecule has 1 N–H and O–H groups in total. The van der Waals surface area contributed by atoms with Crippen molar-refractivity contribution in [2.24, 2.45) is 0 Å². The summed E-state index contributed by atoms with van der Waals surface area (Å²) in [6.45, 7) is 6.81. The number of hydrogen-bond acceptors (Lipinski definition) is 2. The molecular formula is C19H21NOSi. The van der Waals surface area contributed by atoms with E-state index in [0.717, 1.165) is 23.6 Å². The first-order valence-corrected chi connectivity index (χ1v) is 11.2. The lowest BCUT2D eigenvalue weighted by Gasteiger charge is -2.16.